The van der Waals surface area contributed by atoms with Crippen molar-refractivity contribution in [1.82, 2.24) is 4.72 Å². The summed E-state index contributed by atoms with van der Waals surface area (Å²) in [7, 11) is -7.31. The van der Waals surface area contributed by atoms with Crippen LogP contribution in [0, 0.1) is 0 Å². The number of hydrogen-bond acceptors (Lipinski definition) is 4. The lowest BCUT2D eigenvalue weighted by atomic mass is 10.1. The number of sulfone groups is 1. The number of nitrogens with one attached hydrogen (secondary N) is 1. The average Bonchev–Trinajstić information content (AvgIpc) is 1.78. The van der Waals surface area contributed by atoms with Crippen LogP contribution in [0.1, 0.15) is 13.8 Å². The lowest BCUT2D eigenvalue weighted by Gasteiger charge is -2.22. The first kappa shape index (κ1) is 14.3. The number of rotatable bonds is 5. The van der Waals surface area contributed by atoms with Gasteiger partial charge in [0, 0.05) is 17.1 Å². The largest absolute Gasteiger partial charge is 0.228 e. The summed E-state index contributed by atoms with van der Waals surface area (Å²) in [6, 6.07) is 0. The van der Waals surface area contributed by atoms with E-state index in [0.717, 1.165) is 6.26 Å². The summed E-state index contributed by atoms with van der Waals surface area (Å²) in [6.45, 7) is 3.31. The van der Waals surface area contributed by atoms with Gasteiger partial charge in [-0.05, 0) is 13.8 Å². The van der Waals surface area contributed by atoms with Gasteiger partial charge < -0.3 is 0 Å². The maximum atomic E-state index is 11.3. The van der Waals surface area contributed by atoms with Crippen LogP contribution < -0.4 is 4.72 Å². The van der Waals surface area contributed by atoms with Gasteiger partial charge >= 0.3 is 0 Å². The lowest BCUT2D eigenvalue weighted by Crippen LogP contribution is -2.46. The molecule has 0 saturated heterocycles. The third-order valence-corrected chi connectivity index (χ3v) is 6.35. The van der Waals surface area contributed by atoms with Crippen molar-refractivity contribution in [3.05, 3.63) is 0 Å². The van der Waals surface area contributed by atoms with Crippen molar-refractivity contribution in [2.24, 2.45) is 0 Å². The molecule has 0 rings (SSSR count). The first-order valence-corrected chi connectivity index (χ1v) is 8.56. The van der Waals surface area contributed by atoms with E-state index in [-0.39, 0.29) is 0 Å². The number of sulfonamides is 1. The Kier molecular flexibility index (Phi) is 4.57. The second-order valence-electron chi connectivity index (χ2n) is 3.78. The second-order valence-corrected chi connectivity index (χ2v) is 8.57. The van der Waals surface area contributed by atoms with Crippen LogP contribution in [0.2, 0.25) is 0 Å². The normalized spacial score (nSPS) is 14.3. The van der Waals surface area contributed by atoms with Crippen molar-refractivity contribution >= 4 is 35.8 Å². The van der Waals surface area contributed by atoms with Crippen LogP contribution in [-0.4, -0.2) is 39.0 Å². The molecule has 0 aromatic carbocycles. The monoisotopic (exact) mass is 307 g/mol. The molecule has 0 aromatic heterocycles. The van der Waals surface area contributed by atoms with Crippen LogP contribution in [0.5, 0.6) is 0 Å². The van der Waals surface area contributed by atoms with Gasteiger partial charge in [0.25, 0.3) is 0 Å². The minimum Gasteiger partial charge on any atom is -0.228 e. The second kappa shape index (κ2) is 4.46. The van der Waals surface area contributed by atoms with Crippen molar-refractivity contribution in [3.8, 4) is 0 Å². The molecule has 86 valence electrons. The van der Waals surface area contributed by atoms with Gasteiger partial charge in [-0.3, -0.25) is 0 Å². The van der Waals surface area contributed by atoms with Gasteiger partial charge in [0.1, 0.15) is 0 Å². The van der Waals surface area contributed by atoms with E-state index in [1.54, 1.807) is 13.8 Å². The Morgan fingerprint density at radius 1 is 1.21 bits per heavy atom. The number of hydrogen-bond donors (Lipinski definition) is 1. The predicted molar refractivity (Wildman–Crippen MR) is 59.6 cm³/mol. The van der Waals surface area contributed by atoms with Crippen molar-refractivity contribution in [2.45, 2.75) is 19.4 Å². The topological polar surface area (TPSA) is 80.3 Å². The Hall–Kier alpha value is 0.340. The number of halogens is 1. The molecule has 0 saturated carbocycles. The van der Waals surface area contributed by atoms with Gasteiger partial charge in [0.15, 0.2) is 14.9 Å². The van der Waals surface area contributed by atoms with E-state index in [4.69, 9.17) is 0 Å². The van der Waals surface area contributed by atoms with Gasteiger partial charge in [-0.25, -0.2) is 21.6 Å². The van der Waals surface area contributed by atoms with Crippen LogP contribution in [0.25, 0.3) is 0 Å². The van der Waals surface area contributed by atoms with Crippen LogP contribution in [0.4, 0.5) is 0 Å². The summed E-state index contributed by atoms with van der Waals surface area (Å²) in [6.07, 6.45) is 0.882. The molecular weight excluding hydrogens is 294 g/mol. The van der Waals surface area contributed by atoms with E-state index in [1.807, 2.05) is 0 Å². The summed E-state index contributed by atoms with van der Waals surface area (Å²) in [5.74, 6) is 0. The Bertz CT molecular complexity index is 384. The van der Waals surface area contributed by atoms with Gasteiger partial charge in [-0.2, -0.15) is 0 Å². The molecule has 0 bridgehead atoms. The quantitative estimate of drug-likeness (QED) is 0.730. The molecule has 0 heterocycles. The van der Waals surface area contributed by atoms with Crippen LogP contribution in [0.3, 0.4) is 0 Å². The van der Waals surface area contributed by atoms with Crippen LogP contribution in [0.15, 0.2) is 0 Å². The maximum Gasteiger partial charge on any atom is 0.226 e. The summed E-state index contributed by atoms with van der Waals surface area (Å²) in [4.78, 5) is 0. The van der Waals surface area contributed by atoms with Crippen molar-refractivity contribution in [2.75, 3.05) is 16.7 Å². The highest BCUT2D eigenvalue weighted by Gasteiger charge is 2.26. The molecule has 0 unspecified atom stereocenters. The molecule has 0 radical (unpaired) electrons. The van der Waals surface area contributed by atoms with Crippen molar-refractivity contribution in [1.29, 1.82) is 0 Å². The maximum absolute atomic E-state index is 11.3. The minimum absolute atomic E-state index is 0.406. The lowest BCUT2D eigenvalue weighted by molar-refractivity contribution is 0.502. The highest BCUT2D eigenvalue weighted by Crippen LogP contribution is 2.08. The highest BCUT2D eigenvalue weighted by atomic mass is 79.9. The summed E-state index contributed by atoms with van der Waals surface area (Å²) in [5.41, 5.74) is -0.691. The van der Waals surface area contributed by atoms with E-state index in [9.17, 15) is 16.8 Å². The first-order chi connectivity index (χ1) is 5.97. The molecule has 1 N–H and O–H groups in total. The van der Waals surface area contributed by atoms with Crippen molar-refractivity contribution in [3.63, 3.8) is 0 Å². The molecule has 0 aliphatic heterocycles. The zero-order chi connectivity index (χ0) is 11.6. The van der Waals surface area contributed by atoms with Crippen LogP contribution in [-0.2, 0) is 19.9 Å². The smallest absolute Gasteiger partial charge is 0.226 e. The molecule has 8 heteroatoms. The highest BCUT2D eigenvalue weighted by molar-refractivity contribution is 9.09. The Balaban J connectivity index is 4.69. The fraction of sp³-hybridized carbons (Fsp3) is 1.00. The Morgan fingerprint density at radius 2 is 1.64 bits per heavy atom. The molecule has 5 nitrogen and oxygen atoms in total. The Labute approximate surface area is 93.4 Å². The fourth-order valence-corrected chi connectivity index (χ4v) is 4.49. The summed E-state index contributed by atoms with van der Waals surface area (Å²) < 4.78 is 46.5. The van der Waals surface area contributed by atoms with Gasteiger partial charge in [-0.15, -0.1) is 0 Å². The molecule has 0 atom stereocenters. The van der Waals surface area contributed by atoms with E-state index < -0.39 is 30.5 Å². The molecule has 0 spiro atoms. The van der Waals surface area contributed by atoms with E-state index in [0.29, 0.717) is 5.33 Å². The molecular formula is C6H14BrNO4S2. The summed E-state index contributed by atoms with van der Waals surface area (Å²) >= 11 is 3.13. The molecule has 0 fully saturated rings. The van der Waals surface area contributed by atoms with E-state index in [1.165, 1.54) is 0 Å². The Morgan fingerprint density at radius 3 is 1.93 bits per heavy atom. The van der Waals surface area contributed by atoms with E-state index >= 15 is 0 Å². The van der Waals surface area contributed by atoms with Crippen LogP contribution >= 0.6 is 15.9 Å². The molecule has 14 heavy (non-hydrogen) atoms. The molecule has 0 aliphatic carbocycles. The molecule has 0 aliphatic rings. The predicted octanol–water partition coefficient (Wildman–Crippen LogP) is 0.0814. The number of alkyl halides is 1. The third kappa shape index (κ3) is 6.74. The minimum atomic E-state index is -3.78. The zero-order valence-electron chi connectivity index (χ0n) is 8.24. The zero-order valence-corrected chi connectivity index (χ0v) is 11.5. The molecule has 0 amide bonds. The third-order valence-electron chi connectivity index (χ3n) is 1.14. The average molecular weight is 308 g/mol. The SMILES string of the molecule is CC(C)(CBr)NS(=O)(=O)CS(C)(=O)=O. The standard InChI is InChI=1S/C6H14BrNO4S2/c1-6(2,4-7)8-14(11,12)5-13(3,9)10/h8H,4-5H2,1-3H3. The van der Waals surface area contributed by atoms with E-state index in [2.05, 4.69) is 20.7 Å². The molecule has 0 aromatic rings. The summed E-state index contributed by atoms with van der Waals surface area (Å²) in [5, 5.41) is -0.473. The fourth-order valence-electron chi connectivity index (χ4n) is 0.760. The first-order valence-electron chi connectivity index (χ1n) is 3.73. The van der Waals surface area contributed by atoms with Crippen molar-refractivity contribution < 1.29 is 16.8 Å². The van der Waals surface area contributed by atoms with Gasteiger partial charge in [-0.1, -0.05) is 15.9 Å². The van der Waals surface area contributed by atoms with Gasteiger partial charge in [0.2, 0.25) is 10.0 Å². The van der Waals surface area contributed by atoms with Gasteiger partial charge in [0.05, 0.1) is 0 Å².